The molecule has 4 amide bonds. The van der Waals surface area contributed by atoms with Gasteiger partial charge in [-0.3, -0.25) is 9.59 Å². The molecule has 0 saturated carbocycles. The van der Waals surface area contributed by atoms with Crippen LogP contribution in [0.2, 0.25) is 0 Å². The maximum atomic E-state index is 12.6. The first-order valence-electron chi connectivity index (χ1n) is 8.68. The third-order valence-corrected chi connectivity index (χ3v) is 4.69. The molecule has 1 saturated heterocycles. The van der Waals surface area contributed by atoms with Crippen LogP contribution in [0.5, 0.6) is 17.2 Å². The molecule has 3 N–H and O–H groups in total. The fraction of sp³-hybridized carbons (Fsp3) is 0.150. The number of hydrogen-bond acceptors (Lipinski definition) is 6. The topological polar surface area (TPSA) is 117 Å². The molecule has 1 heterocycles. The Bertz CT molecular complexity index is 1050. The number of halogens is 1. The van der Waals surface area contributed by atoms with Gasteiger partial charge in [0.2, 0.25) is 5.91 Å². The standard InChI is InChI=1S/C20H18BrN3O6/c1-29-15-6-4-3-5-13(15)22-17(25)10-24-19(27)14(23-20(24)28)8-11-7-12(21)9-16(30-2)18(11)26/h3-9,26H,10H2,1-2H3,(H,22,25)(H,23,28)/b14-8+. The van der Waals surface area contributed by atoms with Gasteiger partial charge in [-0.2, -0.15) is 0 Å². The number of para-hydroxylation sites is 2. The predicted octanol–water partition coefficient (Wildman–Crippen LogP) is 2.70. The molecule has 0 radical (unpaired) electrons. The SMILES string of the molecule is COc1ccccc1NC(=O)CN1C(=O)N/C(=C/c2cc(Br)cc(OC)c2O)C1=O. The van der Waals surface area contributed by atoms with Gasteiger partial charge >= 0.3 is 6.03 Å². The maximum Gasteiger partial charge on any atom is 0.329 e. The molecule has 0 spiro atoms. The number of benzene rings is 2. The Balaban J connectivity index is 1.77. The number of ether oxygens (including phenoxy) is 2. The van der Waals surface area contributed by atoms with Crippen LogP contribution < -0.4 is 20.1 Å². The van der Waals surface area contributed by atoms with E-state index < -0.39 is 24.4 Å². The monoisotopic (exact) mass is 475 g/mol. The summed E-state index contributed by atoms with van der Waals surface area (Å²) >= 11 is 3.29. The van der Waals surface area contributed by atoms with Gasteiger partial charge in [0.25, 0.3) is 5.91 Å². The van der Waals surface area contributed by atoms with Gasteiger partial charge in [-0.15, -0.1) is 0 Å². The number of carbonyl (C=O) groups excluding carboxylic acids is 3. The Morgan fingerprint density at radius 3 is 2.60 bits per heavy atom. The third-order valence-electron chi connectivity index (χ3n) is 4.23. The molecule has 1 aliphatic rings. The highest BCUT2D eigenvalue weighted by Crippen LogP contribution is 2.35. The Kier molecular flexibility index (Phi) is 6.26. The molecule has 2 aromatic rings. The fourth-order valence-corrected chi connectivity index (χ4v) is 3.27. The summed E-state index contributed by atoms with van der Waals surface area (Å²) < 4.78 is 10.8. The Morgan fingerprint density at radius 1 is 1.20 bits per heavy atom. The van der Waals surface area contributed by atoms with Crippen molar-refractivity contribution < 1.29 is 29.0 Å². The van der Waals surface area contributed by atoms with Gasteiger partial charge in [0.1, 0.15) is 18.0 Å². The number of phenolic OH excluding ortho intramolecular Hbond substituents is 1. The minimum atomic E-state index is -0.747. The van der Waals surface area contributed by atoms with Crippen molar-refractivity contribution in [3.63, 3.8) is 0 Å². The zero-order chi connectivity index (χ0) is 21.8. The lowest BCUT2D eigenvalue weighted by molar-refractivity contribution is -0.127. The van der Waals surface area contributed by atoms with Gasteiger partial charge in [0.05, 0.1) is 19.9 Å². The van der Waals surface area contributed by atoms with Crippen LogP contribution >= 0.6 is 15.9 Å². The average Bonchev–Trinajstić information content (AvgIpc) is 2.98. The van der Waals surface area contributed by atoms with Crippen LogP contribution in [-0.2, 0) is 9.59 Å². The average molecular weight is 476 g/mol. The van der Waals surface area contributed by atoms with E-state index in [-0.39, 0.29) is 22.8 Å². The summed E-state index contributed by atoms with van der Waals surface area (Å²) in [4.78, 5) is 38.0. The van der Waals surface area contributed by atoms with E-state index in [1.165, 1.54) is 20.3 Å². The Hall–Kier alpha value is -3.53. The van der Waals surface area contributed by atoms with Gasteiger partial charge in [-0.1, -0.05) is 28.1 Å². The molecule has 0 aromatic heterocycles. The normalized spacial score (nSPS) is 14.6. The van der Waals surface area contributed by atoms with Crippen molar-refractivity contribution in [2.45, 2.75) is 0 Å². The number of nitrogens with zero attached hydrogens (tertiary/aromatic N) is 1. The molecule has 3 rings (SSSR count). The lowest BCUT2D eigenvalue weighted by Gasteiger charge is -2.13. The fourth-order valence-electron chi connectivity index (χ4n) is 2.81. The molecule has 0 atom stereocenters. The maximum absolute atomic E-state index is 12.6. The lowest BCUT2D eigenvalue weighted by atomic mass is 10.1. The molecule has 1 fully saturated rings. The molecule has 0 unspecified atom stereocenters. The van der Waals surface area contributed by atoms with E-state index in [4.69, 9.17) is 9.47 Å². The number of urea groups is 1. The molecule has 0 aliphatic carbocycles. The summed E-state index contributed by atoms with van der Waals surface area (Å²) in [5.74, 6) is -0.823. The first-order valence-corrected chi connectivity index (χ1v) is 9.47. The second-order valence-corrected chi connectivity index (χ2v) is 7.09. The molecule has 10 heteroatoms. The van der Waals surface area contributed by atoms with Gasteiger partial charge < -0.3 is 25.2 Å². The summed E-state index contributed by atoms with van der Waals surface area (Å²) in [7, 11) is 2.86. The van der Waals surface area contributed by atoms with E-state index in [0.29, 0.717) is 15.9 Å². The van der Waals surface area contributed by atoms with Crippen molar-refractivity contribution in [1.82, 2.24) is 10.2 Å². The molecule has 30 heavy (non-hydrogen) atoms. The van der Waals surface area contributed by atoms with Crippen molar-refractivity contribution in [3.05, 3.63) is 52.1 Å². The zero-order valence-electron chi connectivity index (χ0n) is 16.1. The van der Waals surface area contributed by atoms with Gasteiger partial charge in [0, 0.05) is 10.0 Å². The molecule has 1 aliphatic heterocycles. The number of rotatable bonds is 6. The lowest BCUT2D eigenvalue weighted by Crippen LogP contribution is -2.38. The van der Waals surface area contributed by atoms with E-state index in [9.17, 15) is 19.5 Å². The largest absolute Gasteiger partial charge is 0.504 e. The van der Waals surface area contributed by atoms with E-state index >= 15 is 0 Å². The number of anilines is 1. The van der Waals surface area contributed by atoms with Crippen molar-refractivity contribution in [2.75, 3.05) is 26.1 Å². The van der Waals surface area contributed by atoms with Crippen LogP contribution in [0.3, 0.4) is 0 Å². The Morgan fingerprint density at radius 2 is 1.90 bits per heavy atom. The van der Waals surface area contributed by atoms with E-state index in [0.717, 1.165) is 4.90 Å². The second kappa shape index (κ2) is 8.87. The number of aromatic hydroxyl groups is 1. The summed E-state index contributed by atoms with van der Waals surface area (Å²) in [6.45, 7) is -0.492. The molecule has 0 bridgehead atoms. The van der Waals surface area contributed by atoms with Crippen molar-refractivity contribution in [1.29, 1.82) is 0 Å². The first kappa shape index (κ1) is 21.2. The van der Waals surface area contributed by atoms with E-state index in [1.54, 1.807) is 36.4 Å². The summed E-state index contributed by atoms with van der Waals surface area (Å²) in [5.41, 5.74) is 0.588. The molecule has 156 valence electrons. The van der Waals surface area contributed by atoms with Crippen molar-refractivity contribution in [3.8, 4) is 17.2 Å². The Labute approximate surface area is 180 Å². The van der Waals surface area contributed by atoms with Crippen LogP contribution in [0.4, 0.5) is 10.5 Å². The van der Waals surface area contributed by atoms with Gasteiger partial charge in [-0.25, -0.2) is 9.69 Å². The minimum absolute atomic E-state index is 0.0828. The highest BCUT2D eigenvalue weighted by atomic mass is 79.9. The number of hydrogen-bond donors (Lipinski definition) is 3. The predicted molar refractivity (Wildman–Crippen MR) is 112 cm³/mol. The second-order valence-electron chi connectivity index (χ2n) is 6.17. The smallest absolute Gasteiger partial charge is 0.329 e. The van der Waals surface area contributed by atoms with Crippen LogP contribution in [0.15, 0.2) is 46.6 Å². The minimum Gasteiger partial charge on any atom is -0.504 e. The van der Waals surface area contributed by atoms with Crippen LogP contribution in [0, 0.1) is 0 Å². The quantitative estimate of drug-likeness (QED) is 0.436. The van der Waals surface area contributed by atoms with Crippen LogP contribution in [-0.4, -0.2) is 48.6 Å². The number of nitrogens with one attached hydrogen (secondary N) is 2. The molecular weight excluding hydrogens is 458 g/mol. The van der Waals surface area contributed by atoms with Crippen molar-refractivity contribution >= 4 is 45.5 Å². The van der Waals surface area contributed by atoms with E-state index in [1.807, 2.05) is 0 Å². The van der Waals surface area contributed by atoms with Gasteiger partial charge in [-0.05, 0) is 30.3 Å². The highest BCUT2D eigenvalue weighted by molar-refractivity contribution is 9.10. The molecule has 2 aromatic carbocycles. The van der Waals surface area contributed by atoms with Crippen LogP contribution in [0.25, 0.3) is 6.08 Å². The molecule has 9 nitrogen and oxygen atoms in total. The summed E-state index contributed by atoms with van der Waals surface area (Å²) in [5, 5.41) is 15.3. The van der Waals surface area contributed by atoms with E-state index in [2.05, 4.69) is 26.6 Å². The third kappa shape index (κ3) is 4.38. The first-order chi connectivity index (χ1) is 14.3. The zero-order valence-corrected chi connectivity index (χ0v) is 17.6. The summed E-state index contributed by atoms with van der Waals surface area (Å²) in [6, 6.07) is 9.13. The number of imide groups is 1. The van der Waals surface area contributed by atoms with Crippen molar-refractivity contribution in [2.24, 2.45) is 0 Å². The summed E-state index contributed by atoms with van der Waals surface area (Å²) in [6.07, 6.45) is 1.31. The number of carbonyl (C=O) groups is 3. The van der Waals surface area contributed by atoms with Crippen LogP contribution in [0.1, 0.15) is 5.56 Å². The number of amides is 4. The number of phenols is 1. The molecular formula is C20H18BrN3O6. The highest BCUT2D eigenvalue weighted by Gasteiger charge is 2.35. The van der Waals surface area contributed by atoms with Gasteiger partial charge in [0.15, 0.2) is 11.5 Å². The number of methoxy groups -OCH3 is 2.